The van der Waals surface area contributed by atoms with Crippen molar-refractivity contribution in [3.05, 3.63) is 16.0 Å². The van der Waals surface area contributed by atoms with Crippen LogP contribution in [0.2, 0.25) is 0 Å². The molecule has 3 rings (SSSR count). The van der Waals surface area contributed by atoms with E-state index in [1.807, 2.05) is 6.92 Å². The average molecular weight is 352 g/mol. The van der Waals surface area contributed by atoms with E-state index in [-0.39, 0.29) is 11.5 Å². The summed E-state index contributed by atoms with van der Waals surface area (Å²) in [6.07, 6.45) is 1.85. The molecule has 0 radical (unpaired) electrons. The highest BCUT2D eigenvalue weighted by molar-refractivity contribution is 7.71. The van der Waals surface area contributed by atoms with E-state index in [0.29, 0.717) is 35.1 Å². The van der Waals surface area contributed by atoms with Crippen molar-refractivity contribution in [3.63, 3.8) is 0 Å². The van der Waals surface area contributed by atoms with Crippen LogP contribution in [0.25, 0.3) is 0 Å². The van der Waals surface area contributed by atoms with Crippen LogP contribution in [0.15, 0.2) is 0 Å². The maximum absolute atomic E-state index is 12.3. The monoisotopic (exact) mass is 352 g/mol. The van der Waals surface area contributed by atoms with Gasteiger partial charge in [-0.15, -0.1) is 0 Å². The first kappa shape index (κ1) is 17.3. The maximum atomic E-state index is 12.3. The summed E-state index contributed by atoms with van der Waals surface area (Å²) in [6.45, 7) is 6.83. The van der Waals surface area contributed by atoms with Gasteiger partial charge in [0.25, 0.3) is 0 Å². The number of rotatable bonds is 3. The van der Waals surface area contributed by atoms with Gasteiger partial charge in [-0.3, -0.25) is 0 Å². The summed E-state index contributed by atoms with van der Waals surface area (Å²) in [7, 11) is 0. The van der Waals surface area contributed by atoms with Crippen LogP contribution in [0.5, 0.6) is 0 Å². The largest absolute Gasteiger partial charge is 0.461 e. The van der Waals surface area contributed by atoms with Crippen LogP contribution in [0, 0.1) is 17.0 Å². The van der Waals surface area contributed by atoms with Gasteiger partial charge in [-0.25, -0.2) is 9.78 Å². The Morgan fingerprint density at radius 2 is 2.25 bits per heavy atom. The molecule has 0 aliphatic carbocycles. The molecule has 3 heterocycles. The van der Waals surface area contributed by atoms with Crippen molar-refractivity contribution < 1.29 is 14.3 Å². The molecule has 2 saturated heterocycles. The molecule has 2 fully saturated rings. The van der Waals surface area contributed by atoms with Crippen molar-refractivity contribution >= 4 is 24.0 Å². The molecule has 1 aromatic heterocycles. The summed E-state index contributed by atoms with van der Waals surface area (Å²) in [5.41, 5.74) is 7.32. The van der Waals surface area contributed by atoms with E-state index in [4.69, 9.17) is 27.4 Å². The lowest BCUT2D eigenvalue weighted by Gasteiger charge is -2.41. The molecule has 132 valence electrons. The molecule has 1 spiro atoms. The van der Waals surface area contributed by atoms with Gasteiger partial charge in [0.15, 0.2) is 11.5 Å². The molecule has 8 heteroatoms. The van der Waals surface area contributed by atoms with Crippen LogP contribution in [0.3, 0.4) is 0 Å². The van der Waals surface area contributed by atoms with Crippen molar-refractivity contribution in [1.82, 2.24) is 9.97 Å². The summed E-state index contributed by atoms with van der Waals surface area (Å²) >= 11 is 5.23. The van der Waals surface area contributed by atoms with Crippen LogP contribution < -0.4 is 10.6 Å². The lowest BCUT2D eigenvalue weighted by atomic mass is 9.75. The third-order valence-electron chi connectivity index (χ3n) is 5.08. The van der Waals surface area contributed by atoms with E-state index in [1.165, 1.54) is 0 Å². The SMILES string of the molecule is CCOC(=O)c1[nH]c(=S)c(C)nc1N1CCC2(CC1)COCC2N. The Morgan fingerprint density at radius 3 is 2.83 bits per heavy atom. The molecule has 1 unspecified atom stereocenters. The minimum absolute atomic E-state index is 0.0529. The number of ether oxygens (including phenoxy) is 2. The second kappa shape index (κ2) is 6.78. The standard InChI is InChI=1S/C16H24N4O3S/c1-3-23-15(21)12-13(18-10(2)14(24)19-12)20-6-4-16(5-7-20)9-22-8-11(16)17/h11H,3-9,17H2,1-2H3,(H,19,24). The molecule has 1 aromatic rings. The Balaban J connectivity index is 1.86. The zero-order valence-corrected chi connectivity index (χ0v) is 14.9. The van der Waals surface area contributed by atoms with Crippen LogP contribution in [-0.4, -0.2) is 54.9 Å². The second-order valence-corrected chi connectivity index (χ2v) is 6.95. The number of hydrogen-bond donors (Lipinski definition) is 2. The maximum Gasteiger partial charge on any atom is 0.358 e. The highest BCUT2D eigenvalue weighted by atomic mass is 32.1. The fourth-order valence-electron chi connectivity index (χ4n) is 3.45. The summed E-state index contributed by atoms with van der Waals surface area (Å²) in [4.78, 5) is 21.9. The molecule has 0 saturated carbocycles. The number of piperidine rings is 1. The smallest absolute Gasteiger partial charge is 0.358 e. The first-order valence-electron chi connectivity index (χ1n) is 8.33. The molecular weight excluding hydrogens is 328 g/mol. The molecule has 0 bridgehead atoms. The topological polar surface area (TPSA) is 93.5 Å². The molecule has 7 nitrogen and oxygen atoms in total. The Hall–Kier alpha value is -1.51. The zero-order chi connectivity index (χ0) is 17.3. The van der Waals surface area contributed by atoms with Crippen molar-refractivity contribution in [1.29, 1.82) is 0 Å². The van der Waals surface area contributed by atoms with E-state index in [1.54, 1.807) is 6.92 Å². The molecule has 0 aromatic carbocycles. The van der Waals surface area contributed by atoms with Gasteiger partial charge in [0.05, 0.1) is 25.5 Å². The molecule has 1 atom stereocenters. The number of nitrogens with zero attached hydrogens (tertiary/aromatic N) is 2. The Bertz CT molecular complexity index is 682. The Kier molecular flexibility index (Phi) is 4.89. The van der Waals surface area contributed by atoms with E-state index >= 15 is 0 Å². The van der Waals surface area contributed by atoms with Crippen LogP contribution >= 0.6 is 12.2 Å². The van der Waals surface area contributed by atoms with E-state index in [2.05, 4.69) is 14.9 Å². The van der Waals surface area contributed by atoms with Gasteiger partial charge >= 0.3 is 5.97 Å². The van der Waals surface area contributed by atoms with Gasteiger partial charge < -0.3 is 25.1 Å². The number of aromatic amines is 1. The molecule has 24 heavy (non-hydrogen) atoms. The van der Waals surface area contributed by atoms with Gasteiger partial charge in [0, 0.05) is 24.5 Å². The molecule has 3 N–H and O–H groups in total. The average Bonchev–Trinajstić information content (AvgIpc) is 2.91. The number of nitrogens with one attached hydrogen (secondary N) is 1. The van der Waals surface area contributed by atoms with Gasteiger partial charge in [-0.1, -0.05) is 12.2 Å². The van der Waals surface area contributed by atoms with E-state index < -0.39 is 5.97 Å². The molecule has 2 aliphatic heterocycles. The first-order valence-corrected chi connectivity index (χ1v) is 8.74. The summed E-state index contributed by atoms with van der Waals surface area (Å²) in [5, 5.41) is 0. The predicted octanol–water partition coefficient (Wildman–Crippen LogP) is 1.57. The lowest BCUT2D eigenvalue weighted by Crippen LogP contribution is -2.49. The van der Waals surface area contributed by atoms with Crippen molar-refractivity contribution in [2.45, 2.75) is 32.7 Å². The number of aromatic nitrogens is 2. The third kappa shape index (κ3) is 3.05. The Labute approximate surface area is 146 Å². The normalized spacial score (nSPS) is 22.8. The van der Waals surface area contributed by atoms with Crippen LogP contribution in [-0.2, 0) is 9.47 Å². The lowest BCUT2D eigenvalue weighted by molar-refractivity contribution is 0.0519. The van der Waals surface area contributed by atoms with Crippen molar-refractivity contribution in [2.75, 3.05) is 37.8 Å². The first-order chi connectivity index (χ1) is 11.5. The summed E-state index contributed by atoms with van der Waals surface area (Å²) < 4.78 is 11.2. The summed E-state index contributed by atoms with van der Waals surface area (Å²) in [5.74, 6) is 0.189. The number of nitrogens with two attached hydrogens (primary N) is 1. The highest BCUT2D eigenvalue weighted by Crippen LogP contribution is 2.39. The number of esters is 1. The van der Waals surface area contributed by atoms with Crippen LogP contribution in [0.1, 0.15) is 35.9 Å². The molecule has 2 aliphatic rings. The fourth-order valence-corrected chi connectivity index (χ4v) is 3.60. The van der Waals surface area contributed by atoms with Gasteiger partial charge in [-0.05, 0) is 26.7 Å². The predicted molar refractivity (Wildman–Crippen MR) is 92.8 cm³/mol. The fraction of sp³-hybridized carbons (Fsp3) is 0.688. The van der Waals surface area contributed by atoms with E-state index in [9.17, 15) is 4.79 Å². The van der Waals surface area contributed by atoms with Gasteiger partial charge in [-0.2, -0.15) is 0 Å². The van der Waals surface area contributed by atoms with Gasteiger partial charge in [0.2, 0.25) is 0 Å². The number of hydrogen-bond acceptors (Lipinski definition) is 7. The Morgan fingerprint density at radius 1 is 1.54 bits per heavy atom. The minimum atomic E-state index is -0.424. The zero-order valence-electron chi connectivity index (χ0n) is 14.1. The number of aryl methyl sites for hydroxylation is 1. The van der Waals surface area contributed by atoms with Crippen molar-refractivity contribution in [3.8, 4) is 0 Å². The number of anilines is 1. The molecular formula is C16H24N4O3S. The minimum Gasteiger partial charge on any atom is -0.461 e. The third-order valence-corrected chi connectivity index (χ3v) is 5.47. The number of carbonyl (C=O) groups is 1. The second-order valence-electron chi connectivity index (χ2n) is 6.54. The number of H-pyrrole nitrogens is 1. The summed E-state index contributed by atoms with van der Waals surface area (Å²) in [6, 6.07) is 0.0838. The quantitative estimate of drug-likeness (QED) is 0.630. The van der Waals surface area contributed by atoms with Crippen LogP contribution in [0.4, 0.5) is 5.82 Å². The van der Waals surface area contributed by atoms with Gasteiger partial charge in [0.1, 0.15) is 4.64 Å². The van der Waals surface area contributed by atoms with Crippen molar-refractivity contribution in [2.24, 2.45) is 11.1 Å². The number of carbonyl (C=O) groups excluding carboxylic acids is 1. The van der Waals surface area contributed by atoms with E-state index in [0.717, 1.165) is 32.5 Å². The highest BCUT2D eigenvalue weighted by Gasteiger charge is 2.44. The molecule has 0 amide bonds.